The zero-order chi connectivity index (χ0) is 13.2. The Labute approximate surface area is 103 Å². The first-order valence-corrected chi connectivity index (χ1v) is 7.63. The summed E-state index contributed by atoms with van der Waals surface area (Å²) < 4.78 is 22.4. The Morgan fingerprint density at radius 1 is 1.35 bits per heavy atom. The number of carbonyl (C=O) groups excluding carboxylic acids is 1. The molecule has 0 bridgehead atoms. The molecule has 0 aliphatic carbocycles. The number of amides is 1. The maximum Gasteiger partial charge on any atom is 0.224 e. The molecule has 1 saturated heterocycles. The molecule has 2 atom stereocenters. The molecule has 1 aliphatic rings. The quantitative estimate of drug-likeness (QED) is 0.792. The van der Waals surface area contributed by atoms with E-state index in [0.717, 1.165) is 12.8 Å². The van der Waals surface area contributed by atoms with E-state index in [4.69, 9.17) is 5.14 Å². The van der Waals surface area contributed by atoms with Gasteiger partial charge in [0.2, 0.25) is 15.9 Å². The largest absolute Gasteiger partial charge is 0.339 e. The lowest BCUT2D eigenvalue weighted by molar-refractivity contribution is -0.129. The van der Waals surface area contributed by atoms with Gasteiger partial charge in [-0.25, -0.2) is 13.6 Å². The third kappa shape index (κ3) is 3.96. The van der Waals surface area contributed by atoms with Gasteiger partial charge in [-0.1, -0.05) is 13.8 Å². The maximum absolute atomic E-state index is 11.7. The van der Waals surface area contributed by atoms with E-state index in [1.54, 1.807) is 4.90 Å². The zero-order valence-corrected chi connectivity index (χ0v) is 11.5. The summed E-state index contributed by atoms with van der Waals surface area (Å²) in [6.07, 6.45) is 1.97. The summed E-state index contributed by atoms with van der Waals surface area (Å²) in [7, 11) is -3.60. The van der Waals surface area contributed by atoms with E-state index >= 15 is 0 Å². The van der Waals surface area contributed by atoms with Crippen LogP contribution in [0.5, 0.6) is 0 Å². The molecule has 2 N–H and O–H groups in total. The summed E-state index contributed by atoms with van der Waals surface area (Å²) in [4.78, 5) is 13.4. The SMILES string of the molecule is CC(C)CCC(C)N1CC(S(N)(=O)=O)CC1=O. The molecule has 1 heterocycles. The summed E-state index contributed by atoms with van der Waals surface area (Å²) in [5.41, 5.74) is 0. The molecular formula is C11H22N2O3S. The lowest BCUT2D eigenvalue weighted by Gasteiger charge is -2.25. The smallest absolute Gasteiger partial charge is 0.224 e. The van der Waals surface area contributed by atoms with Crippen LogP contribution in [0.1, 0.15) is 40.0 Å². The standard InChI is InChI=1S/C11H22N2O3S/c1-8(2)4-5-9(3)13-7-10(6-11(13)14)17(12,15)16/h8-10H,4-7H2,1-3H3,(H2,12,15,16). The molecule has 0 aromatic rings. The molecule has 1 aliphatic heterocycles. The molecule has 0 aromatic carbocycles. The van der Waals surface area contributed by atoms with Gasteiger partial charge in [-0.15, -0.1) is 0 Å². The van der Waals surface area contributed by atoms with Crippen molar-refractivity contribution in [2.75, 3.05) is 6.54 Å². The summed E-state index contributed by atoms with van der Waals surface area (Å²) in [6.45, 7) is 6.47. The fraction of sp³-hybridized carbons (Fsp3) is 0.909. The molecule has 6 heteroatoms. The number of hydrogen-bond donors (Lipinski definition) is 1. The molecule has 0 radical (unpaired) electrons. The highest BCUT2D eigenvalue weighted by molar-refractivity contribution is 7.89. The van der Waals surface area contributed by atoms with E-state index < -0.39 is 15.3 Å². The van der Waals surface area contributed by atoms with Crippen LogP contribution < -0.4 is 5.14 Å². The van der Waals surface area contributed by atoms with E-state index in [1.807, 2.05) is 6.92 Å². The summed E-state index contributed by atoms with van der Waals surface area (Å²) in [6, 6.07) is 0.0941. The fourth-order valence-electron chi connectivity index (χ4n) is 2.07. The Bertz CT molecular complexity index is 378. The second-order valence-corrected chi connectivity index (χ2v) is 7.13. The molecule has 1 rings (SSSR count). The van der Waals surface area contributed by atoms with Crippen LogP contribution in [0.15, 0.2) is 0 Å². The predicted molar refractivity (Wildman–Crippen MR) is 66.8 cm³/mol. The van der Waals surface area contributed by atoms with Gasteiger partial charge in [0.25, 0.3) is 0 Å². The minimum absolute atomic E-state index is 0.0326. The van der Waals surface area contributed by atoms with Gasteiger partial charge in [-0.05, 0) is 25.7 Å². The van der Waals surface area contributed by atoms with Gasteiger partial charge in [-0.2, -0.15) is 0 Å². The number of nitrogens with zero attached hydrogens (tertiary/aromatic N) is 1. The zero-order valence-electron chi connectivity index (χ0n) is 10.7. The summed E-state index contributed by atoms with van der Waals surface area (Å²) in [5, 5.41) is 4.36. The van der Waals surface area contributed by atoms with Crippen LogP contribution in [0.4, 0.5) is 0 Å². The van der Waals surface area contributed by atoms with Crippen molar-refractivity contribution >= 4 is 15.9 Å². The highest BCUT2D eigenvalue weighted by Crippen LogP contribution is 2.21. The highest BCUT2D eigenvalue weighted by atomic mass is 32.2. The molecule has 5 nitrogen and oxygen atoms in total. The molecule has 0 saturated carbocycles. The number of hydrogen-bond acceptors (Lipinski definition) is 3. The Balaban J connectivity index is 2.59. The Kier molecular flexibility index (Phi) is 4.55. The van der Waals surface area contributed by atoms with Gasteiger partial charge in [0.05, 0.1) is 0 Å². The Morgan fingerprint density at radius 2 is 1.94 bits per heavy atom. The minimum atomic E-state index is -3.60. The van der Waals surface area contributed by atoms with Crippen LogP contribution in [0, 0.1) is 5.92 Å². The molecule has 100 valence electrons. The number of likely N-dealkylation sites (tertiary alicyclic amines) is 1. The number of primary sulfonamides is 1. The van der Waals surface area contributed by atoms with Crippen LogP contribution in [0.2, 0.25) is 0 Å². The van der Waals surface area contributed by atoms with Crippen LogP contribution in [0.3, 0.4) is 0 Å². The van der Waals surface area contributed by atoms with Crippen molar-refractivity contribution in [3.05, 3.63) is 0 Å². The second-order valence-electron chi connectivity index (χ2n) is 5.28. The molecule has 17 heavy (non-hydrogen) atoms. The van der Waals surface area contributed by atoms with Gasteiger partial charge < -0.3 is 4.90 Å². The third-order valence-corrected chi connectivity index (χ3v) is 4.53. The van der Waals surface area contributed by atoms with Crippen molar-refractivity contribution in [3.8, 4) is 0 Å². The first-order valence-electron chi connectivity index (χ1n) is 6.03. The van der Waals surface area contributed by atoms with Crippen molar-refractivity contribution in [3.63, 3.8) is 0 Å². The van der Waals surface area contributed by atoms with Crippen LogP contribution >= 0.6 is 0 Å². The second kappa shape index (κ2) is 5.35. The number of nitrogens with two attached hydrogens (primary N) is 1. The van der Waals surface area contributed by atoms with Gasteiger partial charge in [-0.3, -0.25) is 4.79 Å². The topological polar surface area (TPSA) is 80.5 Å². The fourth-order valence-corrected chi connectivity index (χ4v) is 2.82. The molecule has 1 amide bonds. The van der Waals surface area contributed by atoms with E-state index in [1.165, 1.54) is 0 Å². The minimum Gasteiger partial charge on any atom is -0.339 e. The van der Waals surface area contributed by atoms with E-state index in [2.05, 4.69) is 13.8 Å². The third-order valence-electron chi connectivity index (χ3n) is 3.28. The lowest BCUT2D eigenvalue weighted by atomic mass is 10.0. The van der Waals surface area contributed by atoms with Crippen molar-refractivity contribution in [2.45, 2.75) is 51.3 Å². The van der Waals surface area contributed by atoms with Crippen molar-refractivity contribution in [1.29, 1.82) is 0 Å². The summed E-state index contributed by atoms with van der Waals surface area (Å²) >= 11 is 0. The number of rotatable bonds is 5. The van der Waals surface area contributed by atoms with Gasteiger partial charge >= 0.3 is 0 Å². The van der Waals surface area contributed by atoms with Crippen molar-refractivity contribution in [1.82, 2.24) is 4.90 Å². The van der Waals surface area contributed by atoms with Gasteiger partial charge in [0.15, 0.2) is 0 Å². The van der Waals surface area contributed by atoms with Crippen molar-refractivity contribution in [2.24, 2.45) is 11.1 Å². The Hall–Kier alpha value is -0.620. The maximum atomic E-state index is 11.7. The average molecular weight is 262 g/mol. The molecular weight excluding hydrogens is 240 g/mol. The van der Waals surface area contributed by atoms with Gasteiger partial charge in [0, 0.05) is 19.0 Å². The average Bonchev–Trinajstić information content (AvgIpc) is 2.56. The first-order chi connectivity index (χ1) is 7.71. The molecule has 1 fully saturated rings. The molecule has 2 unspecified atom stereocenters. The highest BCUT2D eigenvalue weighted by Gasteiger charge is 2.38. The molecule has 0 aromatic heterocycles. The monoisotopic (exact) mass is 262 g/mol. The first kappa shape index (κ1) is 14.4. The van der Waals surface area contributed by atoms with Gasteiger partial charge in [0.1, 0.15) is 5.25 Å². The normalized spacial score (nSPS) is 23.5. The molecule has 0 spiro atoms. The number of sulfonamides is 1. The lowest BCUT2D eigenvalue weighted by Crippen LogP contribution is -2.37. The van der Waals surface area contributed by atoms with E-state index in [0.29, 0.717) is 5.92 Å². The summed E-state index contributed by atoms with van der Waals surface area (Å²) in [5.74, 6) is 0.490. The van der Waals surface area contributed by atoms with E-state index in [-0.39, 0.29) is 24.9 Å². The van der Waals surface area contributed by atoms with Crippen LogP contribution in [0.25, 0.3) is 0 Å². The van der Waals surface area contributed by atoms with Crippen LogP contribution in [-0.4, -0.2) is 37.1 Å². The van der Waals surface area contributed by atoms with E-state index in [9.17, 15) is 13.2 Å². The number of carbonyl (C=O) groups is 1. The van der Waals surface area contributed by atoms with Crippen LogP contribution in [-0.2, 0) is 14.8 Å². The van der Waals surface area contributed by atoms with Crippen molar-refractivity contribution < 1.29 is 13.2 Å². The predicted octanol–water partition coefficient (Wildman–Crippen LogP) is 0.701. The Morgan fingerprint density at radius 3 is 2.35 bits per heavy atom.